The molecule has 15 heavy (non-hydrogen) atoms. The molecule has 0 fully saturated rings. The smallest absolute Gasteiger partial charge is 0.305 e. The highest BCUT2D eigenvalue weighted by molar-refractivity contribution is 6.26. The summed E-state index contributed by atoms with van der Waals surface area (Å²) in [5, 5.41) is 6.64. The molecule has 80 valence electrons. The molecule has 0 amide bonds. The zero-order valence-corrected chi connectivity index (χ0v) is 7.64. The van der Waals surface area contributed by atoms with Gasteiger partial charge in [-0.1, -0.05) is 12.1 Å². The molecule has 0 aliphatic heterocycles. The minimum Gasteiger partial charge on any atom is -0.305 e. The number of hydrogen-bond acceptors (Lipinski definition) is 2. The van der Waals surface area contributed by atoms with E-state index in [1.165, 1.54) is 12.1 Å². The van der Waals surface area contributed by atoms with Gasteiger partial charge in [-0.15, -0.1) is 0 Å². The van der Waals surface area contributed by atoms with E-state index in [1.807, 2.05) is 0 Å². The number of benzene rings is 1. The summed E-state index contributed by atoms with van der Waals surface area (Å²) in [6, 6.07) is 4.33. The van der Waals surface area contributed by atoms with Crippen LogP contribution in [0.5, 0.6) is 0 Å². The van der Waals surface area contributed by atoms with Gasteiger partial charge in [-0.05, 0) is 17.7 Å². The molecule has 1 N–H and O–H groups in total. The van der Waals surface area contributed by atoms with Gasteiger partial charge < -0.3 is 5.41 Å². The van der Waals surface area contributed by atoms with E-state index in [-0.39, 0.29) is 6.42 Å². The van der Waals surface area contributed by atoms with Crippen LogP contribution in [0.2, 0.25) is 0 Å². The van der Waals surface area contributed by atoms with E-state index in [2.05, 4.69) is 0 Å². The summed E-state index contributed by atoms with van der Waals surface area (Å²) in [4.78, 5) is 10.8. The van der Waals surface area contributed by atoms with Gasteiger partial charge >= 0.3 is 6.18 Å². The van der Waals surface area contributed by atoms with E-state index in [9.17, 15) is 18.0 Å². The van der Waals surface area contributed by atoms with Crippen LogP contribution in [0.1, 0.15) is 11.1 Å². The van der Waals surface area contributed by atoms with Crippen LogP contribution in [0.15, 0.2) is 24.3 Å². The number of hydrogen-bond donors (Lipinski definition) is 1. The lowest BCUT2D eigenvalue weighted by Gasteiger charge is -2.06. The van der Waals surface area contributed by atoms with Crippen molar-refractivity contribution in [1.82, 2.24) is 0 Å². The van der Waals surface area contributed by atoms with Crippen LogP contribution < -0.4 is 0 Å². The third-order valence-corrected chi connectivity index (χ3v) is 1.82. The Morgan fingerprint density at radius 1 is 1.27 bits per heavy atom. The van der Waals surface area contributed by atoms with Gasteiger partial charge in [-0.25, -0.2) is 0 Å². The topological polar surface area (TPSA) is 40.9 Å². The highest BCUT2D eigenvalue weighted by Gasteiger charge is 2.29. The summed E-state index contributed by atoms with van der Waals surface area (Å²) in [6.45, 7) is 0. The maximum atomic E-state index is 12.1. The standard InChI is InChI=1S/C10H8F3NO/c11-10(12,13)8-3-1-7(2-4-8)5-9(15)6-14/h1-4,6,14H,5H2. The van der Waals surface area contributed by atoms with E-state index in [0.29, 0.717) is 11.8 Å². The van der Waals surface area contributed by atoms with Crippen molar-refractivity contribution in [2.24, 2.45) is 0 Å². The molecule has 0 aromatic heterocycles. The lowest BCUT2D eigenvalue weighted by Crippen LogP contribution is -2.06. The van der Waals surface area contributed by atoms with Gasteiger partial charge in [0.15, 0.2) is 5.78 Å². The molecule has 1 aromatic carbocycles. The van der Waals surface area contributed by atoms with Crippen molar-refractivity contribution in [2.45, 2.75) is 12.6 Å². The Labute approximate surface area is 84.2 Å². The first-order valence-electron chi connectivity index (χ1n) is 4.13. The quantitative estimate of drug-likeness (QED) is 0.773. The second-order valence-electron chi connectivity index (χ2n) is 2.98. The summed E-state index contributed by atoms with van der Waals surface area (Å²) in [7, 11) is 0. The number of halogens is 3. The SMILES string of the molecule is N=CC(=O)Cc1ccc(C(F)(F)F)cc1. The summed E-state index contributed by atoms with van der Waals surface area (Å²) in [5.41, 5.74) is -0.273. The van der Waals surface area contributed by atoms with E-state index >= 15 is 0 Å². The van der Waals surface area contributed by atoms with Crippen molar-refractivity contribution in [1.29, 1.82) is 5.41 Å². The minimum absolute atomic E-state index is 0.0400. The van der Waals surface area contributed by atoms with E-state index < -0.39 is 17.5 Å². The molecular weight excluding hydrogens is 207 g/mol. The third kappa shape index (κ3) is 3.19. The predicted molar refractivity (Wildman–Crippen MR) is 48.9 cm³/mol. The lowest BCUT2D eigenvalue weighted by atomic mass is 10.1. The molecule has 0 aliphatic carbocycles. The van der Waals surface area contributed by atoms with Crippen molar-refractivity contribution >= 4 is 12.0 Å². The predicted octanol–water partition coefficient (Wildman–Crippen LogP) is 2.47. The number of rotatable bonds is 3. The molecule has 1 rings (SSSR count). The number of nitrogens with one attached hydrogen (secondary N) is 1. The van der Waals surface area contributed by atoms with Crippen LogP contribution >= 0.6 is 0 Å². The molecule has 5 heteroatoms. The van der Waals surface area contributed by atoms with E-state index in [4.69, 9.17) is 5.41 Å². The second kappa shape index (κ2) is 4.25. The van der Waals surface area contributed by atoms with Crippen LogP contribution in [0.4, 0.5) is 13.2 Å². The fraction of sp³-hybridized carbons (Fsp3) is 0.200. The molecular formula is C10H8F3NO. The minimum atomic E-state index is -4.36. The number of carbonyl (C=O) groups excluding carboxylic acids is 1. The zero-order chi connectivity index (χ0) is 11.5. The zero-order valence-electron chi connectivity index (χ0n) is 7.64. The summed E-state index contributed by atoms with van der Waals surface area (Å²) < 4.78 is 36.4. The summed E-state index contributed by atoms with van der Waals surface area (Å²) in [6.07, 6.45) is -3.75. The van der Waals surface area contributed by atoms with Crippen LogP contribution in [-0.4, -0.2) is 12.0 Å². The van der Waals surface area contributed by atoms with Gasteiger partial charge in [-0.3, -0.25) is 4.79 Å². The number of ketones is 1. The maximum Gasteiger partial charge on any atom is 0.416 e. The van der Waals surface area contributed by atoms with Crippen LogP contribution in [0.3, 0.4) is 0 Å². The van der Waals surface area contributed by atoms with Crippen LogP contribution in [0.25, 0.3) is 0 Å². The van der Waals surface area contributed by atoms with Gasteiger partial charge in [0.25, 0.3) is 0 Å². The highest BCUT2D eigenvalue weighted by atomic mass is 19.4. The van der Waals surface area contributed by atoms with Gasteiger partial charge in [0, 0.05) is 6.42 Å². The van der Waals surface area contributed by atoms with Crippen molar-refractivity contribution in [3.05, 3.63) is 35.4 Å². The van der Waals surface area contributed by atoms with Crippen molar-refractivity contribution in [3.63, 3.8) is 0 Å². The Morgan fingerprint density at radius 3 is 2.20 bits per heavy atom. The lowest BCUT2D eigenvalue weighted by molar-refractivity contribution is -0.137. The van der Waals surface area contributed by atoms with E-state index in [1.54, 1.807) is 0 Å². The van der Waals surface area contributed by atoms with E-state index in [0.717, 1.165) is 12.1 Å². The molecule has 0 atom stereocenters. The monoisotopic (exact) mass is 215 g/mol. The normalized spacial score (nSPS) is 11.1. The summed E-state index contributed by atoms with van der Waals surface area (Å²) in [5.74, 6) is -0.435. The van der Waals surface area contributed by atoms with Crippen molar-refractivity contribution < 1.29 is 18.0 Å². The van der Waals surface area contributed by atoms with Gasteiger partial charge in [-0.2, -0.15) is 13.2 Å². The first-order valence-corrected chi connectivity index (χ1v) is 4.13. The molecule has 0 saturated carbocycles. The van der Waals surface area contributed by atoms with Crippen LogP contribution in [0, 0.1) is 5.41 Å². The van der Waals surface area contributed by atoms with Gasteiger partial charge in [0.05, 0.1) is 11.8 Å². The molecule has 0 radical (unpaired) electrons. The third-order valence-electron chi connectivity index (χ3n) is 1.82. The maximum absolute atomic E-state index is 12.1. The molecule has 0 unspecified atom stereocenters. The average Bonchev–Trinajstić information content (AvgIpc) is 2.17. The van der Waals surface area contributed by atoms with Crippen molar-refractivity contribution in [2.75, 3.05) is 0 Å². The Kier molecular flexibility index (Phi) is 3.24. The molecule has 0 saturated heterocycles. The Balaban J connectivity index is 2.81. The number of Topliss-reactive ketones (excluding diaryl/α,β-unsaturated/α-hetero) is 1. The number of carbonyl (C=O) groups is 1. The largest absolute Gasteiger partial charge is 0.416 e. The molecule has 0 aliphatic rings. The average molecular weight is 215 g/mol. The van der Waals surface area contributed by atoms with Gasteiger partial charge in [0.1, 0.15) is 0 Å². The molecule has 0 spiro atoms. The Hall–Kier alpha value is -1.65. The number of alkyl halides is 3. The Morgan fingerprint density at radius 2 is 1.80 bits per heavy atom. The van der Waals surface area contributed by atoms with Gasteiger partial charge in [0.2, 0.25) is 0 Å². The molecule has 0 bridgehead atoms. The molecule has 2 nitrogen and oxygen atoms in total. The summed E-state index contributed by atoms with van der Waals surface area (Å²) >= 11 is 0. The second-order valence-corrected chi connectivity index (χ2v) is 2.98. The first kappa shape index (κ1) is 11.4. The van der Waals surface area contributed by atoms with Crippen molar-refractivity contribution in [3.8, 4) is 0 Å². The molecule has 1 aromatic rings. The fourth-order valence-electron chi connectivity index (χ4n) is 1.06. The first-order chi connectivity index (χ1) is 6.93. The molecule has 0 heterocycles. The fourth-order valence-corrected chi connectivity index (χ4v) is 1.06. The Bertz CT molecular complexity index is 367. The highest BCUT2D eigenvalue weighted by Crippen LogP contribution is 2.29. The van der Waals surface area contributed by atoms with Crippen LogP contribution in [-0.2, 0) is 17.4 Å².